The first kappa shape index (κ1) is 22.4. The minimum Gasteiger partial charge on any atom is -0.322 e. The molecular weight excluding hydrogens is 459 g/mol. The van der Waals surface area contributed by atoms with Crippen LogP contribution >= 0.6 is 0 Å². The maximum Gasteiger partial charge on any atom is 0.278 e. The van der Waals surface area contributed by atoms with Gasteiger partial charge in [0.25, 0.3) is 5.56 Å². The van der Waals surface area contributed by atoms with Crippen LogP contribution in [0, 0.1) is 17.1 Å². The average molecular weight is 485 g/mol. The van der Waals surface area contributed by atoms with Crippen molar-refractivity contribution in [2.75, 3.05) is 11.9 Å². The Balaban J connectivity index is 1.48. The Hall–Kier alpha value is -4.10. The third kappa shape index (κ3) is 3.72. The number of hydrogen-bond acceptors (Lipinski definition) is 7. The summed E-state index contributed by atoms with van der Waals surface area (Å²) >= 11 is 0. The molecule has 2 aliphatic rings. The van der Waals surface area contributed by atoms with Gasteiger partial charge in [-0.05, 0) is 75.0 Å². The van der Waals surface area contributed by atoms with Crippen molar-refractivity contribution in [1.82, 2.24) is 29.6 Å². The van der Waals surface area contributed by atoms with Gasteiger partial charge in [-0.1, -0.05) is 6.07 Å². The first-order valence-corrected chi connectivity index (χ1v) is 12.0. The molecule has 1 saturated carbocycles. The smallest absolute Gasteiger partial charge is 0.278 e. The molecule has 1 aliphatic carbocycles. The molecule has 0 unspecified atom stereocenters. The van der Waals surface area contributed by atoms with Gasteiger partial charge in [-0.2, -0.15) is 10.2 Å². The highest BCUT2D eigenvalue weighted by Crippen LogP contribution is 2.36. The topological polar surface area (TPSA) is 113 Å². The molecule has 0 radical (unpaired) electrons. The third-order valence-corrected chi connectivity index (χ3v) is 6.81. The molecule has 9 nitrogen and oxygen atoms in total. The van der Waals surface area contributed by atoms with E-state index in [1.165, 1.54) is 12.3 Å². The number of nitriles is 1. The number of halogens is 1. The Morgan fingerprint density at radius 1 is 1.22 bits per heavy atom. The molecular formula is C26H25FN8O. The van der Waals surface area contributed by atoms with E-state index >= 15 is 0 Å². The summed E-state index contributed by atoms with van der Waals surface area (Å²) in [5.41, 5.74) is 2.30. The van der Waals surface area contributed by atoms with Crippen LogP contribution in [-0.4, -0.2) is 30.9 Å². The summed E-state index contributed by atoms with van der Waals surface area (Å²) < 4.78 is 18.2. The second-order valence-electron chi connectivity index (χ2n) is 9.89. The number of nitrogens with zero attached hydrogens (tertiary/aromatic N) is 6. The number of fused-ring (bicyclic) bond motifs is 2. The van der Waals surface area contributed by atoms with Gasteiger partial charge in [0, 0.05) is 12.7 Å². The molecule has 2 N–H and O–H groups in total. The number of nitrogens with one attached hydrogen (secondary N) is 2. The second kappa shape index (κ2) is 8.24. The van der Waals surface area contributed by atoms with Crippen LogP contribution < -0.4 is 16.2 Å². The van der Waals surface area contributed by atoms with Gasteiger partial charge >= 0.3 is 0 Å². The van der Waals surface area contributed by atoms with Gasteiger partial charge in [0.1, 0.15) is 11.2 Å². The first-order valence-electron chi connectivity index (χ1n) is 12.0. The van der Waals surface area contributed by atoms with E-state index in [1.54, 1.807) is 41.4 Å². The lowest BCUT2D eigenvalue weighted by atomic mass is 9.91. The van der Waals surface area contributed by atoms with Crippen molar-refractivity contribution >= 4 is 22.7 Å². The van der Waals surface area contributed by atoms with Gasteiger partial charge in [-0.15, -0.1) is 0 Å². The molecule has 0 atom stereocenters. The molecule has 0 amide bonds. The lowest BCUT2D eigenvalue weighted by Crippen LogP contribution is -2.23. The Labute approximate surface area is 206 Å². The summed E-state index contributed by atoms with van der Waals surface area (Å²) in [6.45, 7) is 5.09. The Kier molecular flexibility index (Phi) is 5.12. The fraction of sp³-hybridized carbons (Fsp3) is 0.346. The molecule has 4 heterocycles. The molecule has 0 spiro atoms. The maximum absolute atomic E-state index is 14.9. The molecule has 6 rings (SSSR count). The summed E-state index contributed by atoms with van der Waals surface area (Å²) in [6, 6.07) is 11.1. The van der Waals surface area contributed by atoms with Crippen LogP contribution in [0.4, 0.5) is 16.0 Å². The highest BCUT2D eigenvalue weighted by atomic mass is 19.1. The average Bonchev–Trinajstić information content (AvgIpc) is 3.68. The van der Waals surface area contributed by atoms with Crippen LogP contribution in [0.3, 0.4) is 0 Å². The number of rotatable bonds is 5. The van der Waals surface area contributed by atoms with E-state index in [-0.39, 0.29) is 23.4 Å². The molecule has 10 heteroatoms. The Morgan fingerprint density at radius 3 is 2.83 bits per heavy atom. The lowest BCUT2D eigenvalue weighted by molar-refractivity contribution is 0.548. The number of anilines is 2. The van der Waals surface area contributed by atoms with E-state index in [0.29, 0.717) is 34.8 Å². The number of benzene rings is 1. The van der Waals surface area contributed by atoms with Crippen molar-refractivity contribution in [2.24, 2.45) is 0 Å². The molecule has 182 valence electrons. The van der Waals surface area contributed by atoms with Crippen molar-refractivity contribution in [3.63, 3.8) is 0 Å². The Bertz CT molecular complexity index is 1610. The zero-order valence-electron chi connectivity index (χ0n) is 20.0. The zero-order chi connectivity index (χ0) is 25.0. The number of aromatic nitrogens is 5. The van der Waals surface area contributed by atoms with Gasteiger partial charge in [0.05, 0.1) is 28.9 Å². The van der Waals surface area contributed by atoms with Gasteiger partial charge in [0.15, 0.2) is 11.5 Å². The van der Waals surface area contributed by atoms with E-state index in [0.717, 1.165) is 36.9 Å². The summed E-state index contributed by atoms with van der Waals surface area (Å²) in [6.07, 6.45) is 4.06. The zero-order valence-corrected chi connectivity index (χ0v) is 20.0. The fourth-order valence-corrected chi connectivity index (χ4v) is 4.59. The van der Waals surface area contributed by atoms with E-state index < -0.39 is 5.41 Å². The SMILES string of the molecule is CC(C)(C#N)c1cccc(-n2c3nc(Nc4cc5c(cc4F)CNCC5)ncc3c(=O)n2C2CC2)n1. The summed E-state index contributed by atoms with van der Waals surface area (Å²) in [5.74, 6) is 0.291. The van der Waals surface area contributed by atoms with E-state index in [9.17, 15) is 14.4 Å². The standard InChI is InChI=1S/C26H25FN8O/c1-26(2,14-28)21-4-3-5-22(32-21)35-23-18(24(36)34(35)17-6-7-17)13-30-25(33-23)31-20-11-15-8-9-29-12-16(15)10-19(20)27/h3-5,10-11,13,17,29H,6-9,12H2,1-2H3,(H,30,31,33). The highest BCUT2D eigenvalue weighted by molar-refractivity contribution is 5.77. The van der Waals surface area contributed by atoms with E-state index in [4.69, 9.17) is 4.98 Å². The second-order valence-corrected chi connectivity index (χ2v) is 9.89. The van der Waals surface area contributed by atoms with E-state index in [2.05, 4.69) is 26.7 Å². The molecule has 0 saturated heterocycles. The third-order valence-electron chi connectivity index (χ3n) is 6.81. The molecule has 1 fully saturated rings. The van der Waals surface area contributed by atoms with Crippen molar-refractivity contribution < 1.29 is 4.39 Å². The van der Waals surface area contributed by atoms with Crippen LogP contribution in [0.25, 0.3) is 16.9 Å². The normalized spacial score (nSPS) is 15.5. The monoisotopic (exact) mass is 484 g/mol. The Morgan fingerprint density at radius 2 is 2.06 bits per heavy atom. The minimum atomic E-state index is -0.801. The molecule has 36 heavy (non-hydrogen) atoms. The van der Waals surface area contributed by atoms with Gasteiger partial charge in [-0.3, -0.25) is 4.79 Å². The molecule has 1 aliphatic heterocycles. The van der Waals surface area contributed by atoms with Crippen molar-refractivity contribution in [1.29, 1.82) is 5.26 Å². The minimum absolute atomic E-state index is 0.0456. The number of hydrogen-bond donors (Lipinski definition) is 2. The quantitative estimate of drug-likeness (QED) is 0.445. The van der Waals surface area contributed by atoms with Crippen LogP contribution in [-0.2, 0) is 18.4 Å². The lowest BCUT2D eigenvalue weighted by Gasteiger charge is -2.19. The van der Waals surface area contributed by atoms with Gasteiger partial charge in [0.2, 0.25) is 5.95 Å². The summed E-state index contributed by atoms with van der Waals surface area (Å²) in [4.78, 5) is 27.0. The molecule has 1 aromatic carbocycles. The molecule has 0 bridgehead atoms. The fourth-order valence-electron chi connectivity index (χ4n) is 4.59. The van der Waals surface area contributed by atoms with Crippen molar-refractivity contribution in [3.05, 3.63) is 69.5 Å². The van der Waals surface area contributed by atoms with Gasteiger partial charge < -0.3 is 10.6 Å². The number of pyridine rings is 1. The predicted octanol–water partition coefficient (Wildman–Crippen LogP) is 3.64. The maximum atomic E-state index is 14.9. The van der Waals surface area contributed by atoms with Crippen LogP contribution in [0.5, 0.6) is 0 Å². The summed E-state index contributed by atoms with van der Waals surface area (Å²) in [7, 11) is 0. The van der Waals surface area contributed by atoms with Crippen LogP contribution in [0.2, 0.25) is 0 Å². The van der Waals surface area contributed by atoms with Crippen molar-refractivity contribution in [2.45, 2.75) is 51.1 Å². The highest BCUT2D eigenvalue weighted by Gasteiger charge is 2.32. The largest absolute Gasteiger partial charge is 0.322 e. The predicted molar refractivity (Wildman–Crippen MR) is 133 cm³/mol. The van der Waals surface area contributed by atoms with Gasteiger partial charge in [-0.25, -0.2) is 23.7 Å². The van der Waals surface area contributed by atoms with E-state index in [1.807, 2.05) is 6.07 Å². The summed E-state index contributed by atoms with van der Waals surface area (Å²) in [5, 5.41) is 16.2. The van der Waals surface area contributed by atoms with Crippen molar-refractivity contribution in [3.8, 4) is 11.9 Å². The molecule has 3 aromatic heterocycles. The van der Waals surface area contributed by atoms with Crippen LogP contribution in [0.1, 0.15) is 49.6 Å². The first-order chi connectivity index (χ1) is 17.4. The van der Waals surface area contributed by atoms with Crippen LogP contribution in [0.15, 0.2) is 41.3 Å². The molecule has 4 aromatic rings.